The van der Waals surface area contributed by atoms with Gasteiger partial charge in [0.05, 0.1) is 11.7 Å². The van der Waals surface area contributed by atoms with Crippen molar-refractivity contribution in [2.75, 3.05) is 6.54 Å². The van der Waals surface area contributed by atoms with E-state index in [-0.39, 0.29) is 6.10 Å². The van der Waals surface area contributed by atoms with Gasteiger partial charge in [0.2, 0.25) is 0 Å². The summed E-state index contributed by atoms with van der Waals surface area (Å²) >= 11 is 3.60. The zero-order valence-electron chi connectivity index (χ0n) is 15.1. The monoisotopic (exact) mass is 426 g/mol. The van der Waals surface area contributed by atoms with Crippen LogP contribution in [0.1, 0.15) is 42.4 Å². The second-order valence-corrected chi connectivity index (χ2v) is 8.33. The fourth-order valence-corrected chi connectivity index (χ4v) is 4.73. The lowest BCUT2D eigenvalue weighted by Crippen LogP contribution is -2.46. The molecule has 2 aromatic rings. The van der Waals surface area contributed by atoms with Crippen molar-refractivity contribution in [1.29, 1.82) is 5.26 Å². The molecule has 2 N–H and O–H groups in total. The molecule has 4 nitrogen and oxygen atoms in total. The molecular formula is C22H23BrN2O2. The molecule has 0 spiro atoms. The van der Waals surface area contributed by atoms with Crippen LogP contribution in [0, 0.1) is 11.3 Å². The highest BCUT2D eigenvalue weighted by molar-refractivity contribution is 9.10. The van der Waals surface area contributed by atoms with E-state index in [1.165, 1.54) is 0 Å². The number of nitriles is 1. The largest absolute Gasteiger partial charge is 0.481 e. The van der Waals surface area contributed by atoms with Gasteiger partial charge in [0, 0.05) is 29.0 Å². The molecule has 140 valence electrons. The number of aliphatic hydroxyl groups excluding tert-OH is 1. The Bertz CT molecular complexity index is 857. The predicted octanol–water partition coefficient (Wildman–Crippen LogP) is 4.04. The van der Waals surface area contributed by atoms with Crippen molar-refractivity contribution in [1.82, 2.24) is 5.32 Å². The van der Waals surface area contributed by atoms with Crippen LogP contribution < -0.4 is 10.1 Å². The lowest BCUT2D eigenvalue weighted by molar-refractivity contribution is 0.0761. The van der Waals surface area contributed by atoms with Crippen LogP contribution in [0.4, 0.5) is 0 Å². The Morgan fingerprint density at radius 1 is 1.15 bits per heavy atom. The zero-order valence-corrected chi connectivity index (χ0v) is 16.7. The van der Waals surface area contributed by atoms with Gasteiger partial charge in [-0.05, 0) is 59.3 Å². The first kappa shape index (κ1) is 18.5. The quantitative estimate of drug-likeness (QED) is 0.773. The molecule has 0 unspecified atom stereocenters. The van der Waals surface area contributed by atoms with E-state index < -0.39 is 5.60 Å². The molecule has 1 heterocycles. The minimum absolute atomic E-state index is 0.154. The van der Waals surface area contributed by atoms with E-state index in [1.807, 2.05) is 24.3 Å². The van der Waals surface area contributed by atoms with Crippen LogP contribution in [0.5, 0.6) is 5.75 Å². The fraction of sp³-hybridized carbons (Fsp3) is 0.409. The second-order valence-electron chi connectivity index (χ2n) is 7.54. The molecule has 1 aliphatic carbocycles. The van der Waals surface area contributed by atoms with E-state index in [0.29, 0.717) is 24.6 Å². The van der Waals surface area contributed by atoms with Crippen LogP contribution in [0.25, 0.3) is 0 Å². The molecule has 0 amide bonds. The van der Waals surface area contributed by atoms with Crippen molar-refractivity contribution in [2.24, 2.45) is 0 Å². The number of rotatable bonds is 4. The van der Waals surface area contributed by atoms with E-state index >= 15 is 0 Å². The summed E-state index contributed by atoms with van der Waals surface area (Å²) in [5.41, 5.74) is 2.33. The lowest BCUT2D eigenvalue weighted by atomic mass is 9.87. The highest BCUT2D eigenvalue weighted by Crippen LogP contribution is 2.45. The Morgan fingerprint density at radius 3 is 2.59 bits per heavy atom. The third kappa shape index (κ3) is 3.62. The molecule has 2 aromatic carbocycles. The summed E-state index contributed by atoms with van der Waals surface area (Å²) in [4.78, 5) is 0. The lowest BCUT2D eigenvalue weighted by Gasteiger charge is -2.34. The van der Waals surface area contributed by atoms with Crippen molar-refractivity contribution in [3.63, 3.8) is 0 Å². The van der Waals surface area contributed by atoms with Crippen LogP contribution in [-0.2, 0) is 12.0 Å². The summed E-state index contributed by atoms with van der Waals surface area (Å²) in [6.45, 7) is 0.695. The summed E-state index contributed by atoms with van der Waals surface area (Å²) in [5, 5.41) is 22.8. The van der Waals surface area contributed by atoms with Gasteiger partial charge in [-0.25, -0.2) is 0 Å². The highest BCUT2D eigenvalue weighted by Gasteiger charge is 2.42. The first-order valence-electron chi connectivity index (χ1n) is 9.49. The molecule has 2 aliphatic rings. The molecule has 0 radical (unpaired) electrons. The third-order valence-corrected chi connectivity index (χ3v) is 6.67. The smallest absolute Gasteiger partial charge is 0.150 e. The van der Waals surface area contributed by atoms with Crippen molar-refractivity contribution >= 4 is 15.9 Å². The van der Waals surface area contributed by atoms with Crippen LogP contribution in [0.15, 0.2) is 46.9 Å². The number of nitrogens with one attached hydrogen (secondary N) is 1. The molecule has 4 rings (SSSR count). The number of nitrogens with zero attached hydrogens (tertiary/aromatic N) is 1. The fourth-order valence-electron chi connectivity index (χ4n) is 4.17. The van der Waals surface area contributed by atoms with E-state index in [4.69, 9.17) is 4.74 Å². The van der Waals surface area contributed by atoms with Gasteiger partial charge in [-0.1, -0.05) is 30.3 Å². The van der Waals surface area contributed by atoms with E-state index in [0.717, 1.165) is 47.0 Å². The molecule has 0 saturated heterocycles. The van der Waals surface area contributed by atoms with E-state index in [9.17, 15) is 10.4 Å². The molecule has 1 aliphatic heterocycles. The van der Waals surface area contributed by atoms with Gasteiger partial charge < -0.3 is 15.2 Å². The van der Waals surface area contributed by atoms with Gasteiger partial charge in [-0.15, -0.1) is 0 Å². The average Bonchev–Trinajstić information content (AvgIpc) is 3.10. The SMILES string of the molecule is N#Cc1ccc2c(c1Br)C[C@@](CN[C@H]1CC[C@H](O)CC1)(c1ccccc1)O2. The molecule has 27 heavy (non-hydrogen) atoms. The summed E-state index contributed by atoms with van der Waals surface area (Å²) < 4.78 is 7.36. The minimum Gasteiger partial charge on any atom is -0.481 e. The van der Waals surface area contributed by atoms with Crippen molar-refractivity contribution < 1.29 is 9.84 Å². The number of benzene rings is 2. The Hall–Kier alpha value is -1.87. The van der Waals surface area contributed by atoms with Gasteiger partial charge >= 0.3 is 0 Å². The zero-order chi connectivity index (χ0) is 18.9. The maximum absolute atomic E-state index is 9.75. The third-order valence-electron chi connectivity index (χ3n) is 5.76. The topological polar surface area (TPSA) is 65.3 Å². The Morgan fingerprint density at radius 2 is 1.89 bits per heavy atom. The molecule has 1 atom stereocenters. The number of aliphatic hydroxyl groups is 1. The van der Waals surface area contributed by atoms with Crippen molar-refractivity contribution in [3.05, 3.63) is 63.6 Å². The van der Waals surface area contributed by atoms with Crippen molar-refractivity contribution in [3.8, 4) is 11.8 Å². The van der Waals surface area contributed by atoms with Crippen LogP contribution in [-0.4, -0.2) is 23.8 Å². The van der Waals surface area contributed by atoms with Gasteiger partial charge in [0.1, 0.15) is 11.8 Å². The minimum atomic E-state index is -0.490. The average molecular weight is 427 g/mol. The number of fused-ring (bicyclic) bond motifs is 1. The summed E-state index contributed by atoms with van der Waals surface area (Å²) in [7, 11) is 0. The second kappa shape index (κ2) is 7.63. The standard InChI is InChI=1S/C22H23BrN2O2/c23-21-15(13-24)6-11-20-19(21)12-22(27-20,16-4-2-1-3-5-16)14-25-17-7-9-18(26)10-8-17/h1-6,11,17-18,25-26H,7-10,12,14H2/t17-,18-,22-/m1/s1. The molecule has 1 fully saturated rings. The van der Waals surface area contributed by atoms with Crippen LogP contribution in [0.3, 0.4) is 0 Å². The Labute approximate surface area is 168 Å². The summed E-state index contributed by atoms with van der Waals surface area (Å²) in [6.07, 6.45) is 4.24. The maximum atomic E-state index is 9.75. The Kier molecular flexibility index (Phi) is 5.23. The molecule has 5 heteroatoms. The van der Waals surface area contributed by atoms with E-state index in [2.05, 4.69) is 39.4 Å². The molecule has 1 saturated carbocycles. The number of hydrogen-bond acceptors (Lipinski definition) is 4. The summed E-state index contributed by atoms with van der Waals surface area (Å²) in [6, 6.07) is 16.7. The predicted molar refractivity (Wildman–Crippen MR) is 108 cm³/mol. The molecular weight excluding hydrogens is 404 g/mol. The van der Waals surface area contributed by atoms with Gasteiger partial charge in [-0.3, -0.25) is 0 Å². The summed E-state index contributed by atoms with van der Waals surface area (Å²) in [5.74, 6) is 0.839. The van der Waals surface area contributed by atoms with Gasteiger partial charge in [-0.2, -0.15) is 5.26 Å². The van der Waals surface area contributed by atoms with Gasteiger partial charge in [0.15, 0.2) is 5.60 Å². The van der Waals surface area contributed by atoms with E-state index in [1.54, 1.807) is 6.07 Å². The number of ether oxygens (including phenoxy) is 1. The highest BCUT2D eigenvalue weighted by atomic mass is 79.9. The first-order chi connectivity index (χ1) is 13.1. The van der Waals surface area contributed by atoms with Gasteiger partial charge in [0.25, 0.3) is 0 Å². The molecule has 0 aromatic heterocycles. The molecule has 0 bridgehead atoms. The normalized spacial score (nSPS) is 26.9. The first-order valence-corrected chi connectivity index (χ1v) is 10.3. The number of halogens is 1. The van der Waals surface area contributed by atoms with Crippen molar-refractivity contribution in [2.45, 2.75) is 49.9 Å². The number of hydrogen-bond donors (Lipinski definition) is 2. The maximum Gasteiger partial charge on any atom is 0.150 e. The Balaban J connectivity index is 1.61. The van der Waals surface area contributed by atoms with Crippen LogP contribution >= 0.6 is 15.9 Å². The van der Waals surface area contributed by atoms with Crippen LogP contribution in [0.2, 0.25) is 0 Å².